The smallest absolute Gasteiger partial charge is 0.307 e. The van der Waals surface area contributed by atoms with Gasteiger partial charge in [-0.25, -0.2) is 0 Å². The first-order valence-corrected chi connectivity index (χ1v) is 7.43. The fourth-order valence-electron chi connectivity index (χ4n) is 2.85. The molecule has 0 amide bonds. The standard InChI is InChI=1S/C19H15ClO2/c1-12-16(9-13-5-3-2-4-6-13)15-8-7-14(20)10-18(15)17(12)11-19(21)22/h2-10H,11H2,1H3,(H,21,22)/b16-9-. The third-order valence-electron chi connectivity index (χ3n) is 3.89. The monoisotopic (exact) mass is 310 g/mol. The van der Waals surface area contributed by atoms with Gasteiger partial charge < -0.3 is 5.11 Å². The Morgan fingerprint density at radius 1 is 1.14 bits per heavy atom. The topological polar surface area (TPSA) is 37.3 Å². The first-order valence-electron chi connectivity index (χ1n) is 7.05. The number of aliphatic carboxylic acids is 1. The highest BCUT2D eigenvalue weighted by Gasteiger charge is 2.25. The number of halogens is 1. The number of allylic oxidation sites excluding steroid dienone is 2. The van der Waals surface area contributed by atoms with Crippen LogP contribution in [0.4, 0.5) is 0 Å². The fraction of sp³-hybridized carbons (Fsp3) is 0.105. The van der Waals surface area contributed by atoms with Gasteiger partial charge in [0.25, 0.3) is 0 Å². The van der Waals surface area contributed by atoms with Crippen molar-refractivity contribution in [1.29, 1.82) is 0 Å². The van der Waals surface area contributed by atoms with E-state index in [1.807, 2.05) is 55.5 Å². The van der Waals surface area contributed by atoms with E-state index in [4.69, 9.17) is 11.6 Å². The van der Waals surface area contributed by atoms with Crippen LogP contribution in [0.5, 0.6) is 0 Å². The predicted molar refractivity (Wildman–Crippen MR) is 90.6 cm³/mol. The molecule has 110 valence electrons. The van der Waals surface area contributed by atoms with E-state index in [9.17, 15) is 9.90 Å². The van der Waals surface area contributed by atoms with E-state index in [0.29, 0.717) is 5.02 Å². The van der Waals surface area contributed by atoms with Crippen molar-refractivity contribution < 1.29 is 9.90 Å². The lowest BCUT2D eigenvalue weighted by Crippen LogP contribution is -1.96. The predicted octanol–water partition coefficient (Wildman–Crippen LogP) is 5.14. The van der Waals surface area contributed by atoms with E-state index in [1.165, 1.54) is 0 Å². The minimum Gasteiger partial charge on any atom is -0.481 e. The van der Waals surface area contributed by atoms with Crippen molar-refractivity contribution in [3.63, 3.8) is 0 Å². The summed E-state index contributed by atoms with van der Waals surface area (Å²) < 4.78 is 0. The Bertz CT molecular complexity index is 801. The van der Waals surface area contributed by atoms with E-state index >= 15 is 0 Å². The minimum absolute atomic E-state index is 0.00526. The van der Waals surface area contributed by atoms with Gasteiger partial charge in [0.05, 0.1) is 6.42 Å². The van der Waals surface area contributed by atoms with E-state index in [2.05, 4.69) is 6.08 Å². The van der Waals surface area contributed by atoms with Gasteiger partial charge in [-0.1, -0.05) is 48.0 Å². The summed E-state index contributed by atoms with van der Waals surface area (Å²) in [5.74, 6) is -0.832. The van der Waals surface area contributed by atoms with Gasteiger partial charge in [-0.2, -0.15) is 0 Å². The molecule has 0 aromatic heterocycles. The Labute approximate surface area is 134 Å². The molecule has 0 saturated heterocycles. The van der Waals surface area contributed by atoms with Crippen LogP contribution < -0.4 is 0 Å². The highest BCUT2D eigenvalue weighted by atomic mass is 35.5. The summed E-state index contributed by atoms with van der Waals surface area (Å²) >= 11 is 6.09. The zero-order valence-electron chi connectivity index (χ0n) is 12.1. The Morgan fingerprint density at radius 3 is 2.55 bits per heavy atom. The van der Waals surface area contributed by atoms with Crippen LogP contribution in [0.15, 0.2) is 54.1 Å². The SMILES string of the molecule is CC1=C(CC(=O)O)c2cc(Cl)ccc2/C1=C\c1ccccc1. The molecule has 0 fully saturated rings. The lowest BCUT2D eigenvalue weighted by Gasteiger charge is -2.05. The summed E-state index contributed by atoms with van der Waals surface area (Å²) in [7, 11) is 0. The molecular weight excluding hydrogens is 296 g/mol. The van der Waals surface area contributed by atoms with Gasteiger partial charge in [0.15, 0.2) is 0 Å². The normalized spacial score (nSPS) is 15.3. The van der Waals surface area contributed by atoms with E-state index in [-0.39, 0.29) is 6.42 Å². The first-order chi connectivity index (χ1) is 10.6. The minimum atomic E-state index is -0.832. The first kappa shape index (κ1) is 14.6. The molecule has 2 aromatic rings. The maximum atomic E-state index is 11.2. The number of carboxylic acid groups (broad SMARTS) is 1. The maximum absolute atomic E-state index is 11.2. The van der Waals surface area contributed by atoms with E-state index < -0.39 is 5.97 Å². The number of benzene rings is 2. The Balaban J connectivity index is 2.17. The Morgan fingerprint density at radius 2 is 1.86 bits per heavy atom. The maximum Gasteiger partial charge on any atom is 0.307 e. The molecule has 0 spiro atoms. The Hall–Kier alpha value is -2.32. The van der Waals surface area contributed by atoms with Gasteiger partial charge in [-0.05, 0) is 58.5 Å². The summed E-state index contributed by atoms with van der Waals surface area (Å²) in [6, 6.07) is 15.7. The van der Waals surface area contributed by atoms with Gasteiger partial charge in [0, 0.05) is 5.02 Å². The molecular formula is C19H15ClO2. The lowest BCUT2D eigenvalue weighted by molar-refractivity contribution is -0.135. The summed E-state index contributed by atoms with van der Waals surface area (Å²) in [5, 5.41) is 9.80. The summed E-state index contributed by atoms with van der Waals surface area (Å²) in [6.07, 6.45) is 2.10. The number of fused-ring (bicyclic) bond motifs is 1. The van der Waals surface area contributed by atoms with Gasteiger partial charge >= 0.3 is 5.97 Å². The highest BCUT2D eigenvalue weighted by Crippen LogP contribution is 2.44. The number of carboxylic acids is 1. The Kier molecular flexibility index (Phi) is 3.86. The summed E-state index contributed by atoms with van der Waals surface area (Å²) in [5.41, 5.74) is 5.97. The summed E-state index contributed by atoms with van der Waals surface area (Å²) in [4.78, 5) is 11.2. The van der Waals surface area contributed by atoms with Crippen molar-refractivity contribution >= 4 is 34.8 Å². The molecule has 1 N–H and O–H groups in total. The third kappa shape index (κ3) is 2.70. The van der Waals surface area contributed by atoms with E-state index in [0.717, 1.165) is 33.4 Å². The molecule has 2 nitrogen and oxygen atoms in total. The largest absolute Gasteiger partial charge is 0.481 e. The van der Waals surface area contributed by atoms with Crippen molar-refractivity contribution in [3.05, 3.63) is 75.8 Å². The molecule has 22 heavy (non-hydrogen) atoms. The highest BCUT2D eigenvalue weighted by molar-refractivity contribution is 6.31. The van der Waals surface area contributed by atoms with Crippen molar-refractivity contribution in [2.45, 2.75) is 13.3 Å². The molecule has 1 aliphatic carbocycles. The molecule has 1 aliphatic rings. The molecule has 0 radical (unpaired) electrons. The second kappa shape index (κ2) is 5.82. The molecule has 0 atom stereocenters. The third-order valence-corrected chi connectivity index (χ3v) is 4.13. The van der Waals surface area contributed by atoms with Crippen LogP contribution in [0.1, 0.15) is 30.0 Å². The molecule has 0 heterocycles. The van der Waals surface area contributed by atoms with Crippen LogP contribution in [0.2, 0.25) is 5.02 Å². The molecule has 0 unspecified atom stereocenters. The van der Waals surface area contributed by atoms with Gasteiger partial charge in [-0.3, -0.25) is 4.79 Å². The quantitative estimate of drug-likeness (QED) is 0.852. The molecule has 0 aliphatic heterocycles. The average Bonchev–Trinajstić information content (AvgIpc) is 2.73. The second-order valence-electron chi connectivity index (χ2n) is 5.33. The molecule has 0 saturated carbocycles. The fourth-order valence-corrected chi connectivity index (χ4v) is 3.02. The van der Waals surface area contributed by atoms with Gasteiger partial charge in [-0.15, -0.1) is 0 Å². The van der Waals surface area contributed by atoms with Crippen LogP contribution >= 0.6 is 11.6 Å². The van der Waals surface area contributed by atoms with Gasteiger partial charge in [0.1, 0.15) is 0 Å². The number of hydrogen-bond acceptors (Lipinski definition) is 1. The number of hydrogen-bond donors (Lipinski definition) is 1. The summed E-state index contributed by atoms with van der Waals surface area (Å²) in [6.45, 7) is 1.97. The zero-order valence-corrected chi connectivity index (χ0v) is 12.9. The van der Waals surface area contributed by atoms with Crippen LogP contribution in [0.3, 0.4) is 0 Å². The van der Waals surface area contributed by atoms with Crippen molar-refractivity contribution in [1.82, 2.24) is 0 Å². The van der Waals surface area contributed by atoms with Gasteiger partial charge in [0.2, 0.25) is 0 Å². The van der Waals surface area contributed by atoms with Crippen LogP contribution in [0.25, 0.3) is 17.2 Å². The average molecular weight is 311 g/mol. The number of rotatable bonds is 3. The van der Waals surface area contributed by atoms with Crippen LogP contribution in [-0.2, 0) is 4.79 Å². The number of carbonyl (C=O) groups is 1. The second-order valence-corrected chi connectivity index (χ2v) is 5.77. The molecule has 2 aromatic carbocycles. The van der Waals surface area contributed by atoms with Crippen LogP contribution in [-0.4, -0.2) is 11.1 Å². The molecule has 0 bridgehead atoms. The lowest BCUT2D eigenvalue weighted by atomic mass is 10.0. The van der Waals surface area contributed by atoms with Crippen molar-refractivity contribution in [2.24, 2.45) is 0 Å². The van der Waals surface area contributed by atoms with Crippen LogP contribution in [0, 0.1) is 0 Å². The van der Waals surface area contributed by atoms with E-state index in [1.54, 1.807) is 0 Å². The molecule has 3 rings (SSSR count). The molecule has 3 heteroatoms. The zero-order chi connectivity index (χ0) is 15.7. The van der Waals surface area contributed by atoms with Crippen molar-refractivity contribution in [2.75, 3.05) is 0 Å². The van der Waals surface area contributed by atoms with Crippen molar-refractivity contribution in [3.8, 4) is 0 Å².